The first-order valence-electron chi connectivity index (χ1n) is 24.3. The molecule has 1 aliphatic rings. The molecule has 0 bridgehead atoms. The zero-order valence-electron chi connectivity index (χ0n) is 42.5. The molecular formula is C51H60FN12O9S3+. The number of nitrogens with two attached hydrogens (primary N) is 2. The summed E-state index contributed by atoms with van der Waals surface area (Å²) in [6, 6.07) is 13.4. The molecule has 3 aromatic carbocycles. The van der Waals surface area contributed by atoms with E-state index in [4.69, 9.17) is 16.2 Å². The normalized spacial score (nSPS) is 13.3. The summed E-state index contributed by atoms with van der Waals surface area (Å²) in [7, 11) is -1.23. The average molecular weight is 1100 g/mol. The van der Waals surface area contributed by atoms with Crippen molar-refractivity contribution in [2.75, 3.05) is 55.9 Å². The molecule has 6 aromatic rings. The van der Waals surface area contributed by atoms with Crippen molar-refractivity contribution >= 4 is 94.4 Å². The Balaban J connectivity index is 0.935. The summed E-state index contributed by atoms with van der Waals surface area (Å²) in [4.78, 5) is 60.9. The van der Waals surface area contributed by atoms with Crippen LogP contribution in [0.25, 0.3) is 10.2 Å². The number of ether oxygens (including phenoxy) is 1. The highest BCUT2D eigenvalue weighted by Crippen LogP contribution is 2.39. The van der Waals surface area contributed by atoms with Crippen LogP contribution in [0.15, 0.2) is 65.6 Å². The highest BCUT2D eigenvalue weighted by atomic mass is 32.2. The Morgan fingerprint density at radius 1 is 1.01 bits per heavy atom. The number of carbonyl (C=O) groups excluding carboxylic acids is 3. The largest absolute Gasteiger partial charge is 0.491 e. The molecule has 2 atom stereocenters. The molecule has 0 fully saturated rings. The standard InChI is InChI=1S/C51H59FN12O9S3/c1-29(2)42(53)47(66)57-37(15-8-22-55-49(54)69)46(65)56-33-20-19-32(41(27-33)76(70,71)72)28-64(4,5)24-10-12-31-18-21-38(35(52)26-31)73-25-11-17-40-43(48(67)68)59-51(75-40)63-23-9-13-34-30(3)44(61-62-45(34)63)60-50-58-36-14-6-7-16-39(36)74-50/h6-7,14,16,18-21,26-27,29,37,42H,8-9,11,13,15,17,22-25,28,53H2,1-5H3,(H7-,54,55,56,57,58,60,61,65,66,67,68,69,70,71,72)/p+1/t37-,42-/m0/s1. The van der Waals surface area contributed by atoms with Crippen molar-refractivity contribution in [3.05, 3.63) is 99.3 Å². The van der Waals surface area contributed by atoms with Gasteiger partial charge in [0.2, 0.25) is 11.8 Å². The molecule has 10 N–H and O–H groups in total. The molecule has 0 radical (unpaired) electrons. The number of urea groups is 1. The molecule has 0 unspecified atom stereocenters. The zero-order valence-corrected chi connectivity index (χ0v) is 44.9. The van der Waals surface area contributed by atoms with Gasteiger partial charge >= 0.3 is 12.0 Å². The number of fused-ring (bicyclic) bond motifs is 2. The van der Waals surface area contributed by atoms with Crippen molar-refractivity contribution in [2.45, 2.75) is 82.8 Å². The lowest BCUT2D eigenvalue weighted by Crippen LogP contribution is -2.51. The predicted molar refractivity (Wildman–Crippen MR) is 288 cm³/mol. The van der Waals surface area contributed by atoms with Gasteiger partial charge in [-0.1, -0.05) is 43.2 Å². The van der Waals surface area contributed by atoms with Gasteiger partial charge in [-0.15, -0.1) is 21.5 Å². The number of carboxylic acid groups (broad SMARTS) is 1. The van der Waals surface area contributed by atoms with E-state index in [0.717, 1.165) is 40.3 Å². The summed E-state index contributed by atoms with van der Waals surface area (Å²) in [6.07, 6.45) is 2.59. The number of nitrogens with zero attached hydrogens (tertiary/aromatic N) is 6. The van der Waals surface area contributed by atoms with E-state index >= 15 is 4.39 Å². The van der Waals surface area contributed by atoms with Gasteiger partial charge in [0.1, 0.15) is 24.0 Å². The Hall–Kier alpha value is -7.34. The smallest absolute Gasteiger partial charge is 0.355 e. The van der Waals surface area contributed by atoms with Gasteiger partial charge in [0.15, 0.2) is 39.2 Å². The quantitative estimate of drug-likeness (QED) is 0.0161. The molecule has 0 spiro atoms. The maximum absolute atomic E-state index is 15.3. The van der Waals surface area contributed by atoms with E-state index in [1.807, 2.05) is 36.1 Å². The number of anilines is 5. The second-order valence-corrected chi connectivity index (χ2v) is 22.6. The maximum atomic E-state index is 15.3. The highest BCUT2D eigenvalue weighted by Gasteiger charge is 2.30. The topological polar surface area (TPSA) is 307 Å². The third-order valence-electron chi connectivity index (χ3n) is 12.3. The Morgan fingerprint density at radius 2 is 1.79 bits per heavy atom. The number of carboxylic acids is 1. The first-order valence-corrected chi connectivity index (χ1v) is 27.4. The number of primary amides is 1. The number of quaternary nitrogens is 1. The van der Waals surface area contributed by atoms with Crippen LogP contribution in [0.5, 0.6) is 5.75 Å². The number of hydrogen-bond donors (Lipinski definition) is 8. The second kappa shape index (κ2) is 24.6. The SMILES string of the molecule is Cc1c(Nc2nc3ccccc3s2)nnc2c1CCCN2c1nc(C(=O)O)c(CCCOc2ccc(C#CC[N+](C)(C)Cc3ccc(NC(=O)[C@H](CCCNC(N)=O)NC(=O)[C@@H](N)C(C)C)cc3S(=O)(=O)O)cc2F)s1. The molecule has 25 heteroatoms. The minimum absolute atomic E-state index is 0.00791. The fraction of sp³-hybridized carbons (Fsp3) is 0.373. The second-order valence-electron chi connectivity index (χ2n) is 19.1. The molecule has 0 saturated heterocycles. The molecule has 21 nitrogen and oxygen atoms in total. The zero-order chi connectivity index (χ0) is 54.9. The van der Waals surface area contributed by atoms with Crippen molar-refractivity contribution in [3.8, 4) is 17.6 Å². The molecule has 0 saturated carbocycles. The van der Waals surface area contributed by atoms with Crippen molar-refractivity contribution in [1.29, 1.82) is 0 Å². The van der Waals surface area contributed by atoms with Crippen LogP contribution in [0, 0.1) is 30.5 Å². The molecule has 76 heavy (non-hydrogen) atoms. The number of aromatic carboxylic acids is 1. The third kappa shape index (κ3) is 14.5. The number of aryl methyl sites for hydroxylation is 1. The maximum Gasteiger partial charge on any atom is 0.355 e. The average Bonchev–Trinajstić information content (AvgIpc) is 3.99. The van der Waals surface area contributed by atoms with Gasteiger partial charge in [-0.05, 0) is 106 Å². The Morgan fingerprint density at radius 3 is 2.50 bits per heavy atom. The number of halogens is 1. The minimum Gasteiger partial charge on any atom is -0.491 e. The summed E-state index contributed by atoms with van der Waals surface area (Å²) in [5, 5.41) is 31.3. The fourth-order valence-electron chi connectivity index (χ4n) is 8.28. The van der Waals surface area contributed by atoms with E-state index in [2.05, 4.69) is 53.3 Å². The number of carbonyl (C=O) groups is 4. The lowest BCUT2D eigenvalue weighted by molar-refractivity contribution is -0.896. The first kappa shape index (κ1) is 56.4. The summed E-state index contributed by atoms with van der Waals surface area (Å²) in [6.45, 7) is 6.51. The van der Waals surface area contributed by atoms with E-state index in [-0.39, 0.29) is 72.2 Å². The van der Waals surface area contributed by atoms with Crippen LogP contribution < -0.4 is 42.4 Å². The van der Waals surface area contributed by atoms with Gasteiger partial charge in [-0.25, -0.2) is 23.9 Å². The number of thiazole rings is 2. The first-order chi connectivity index (χ1) is 36.1. The highest BCUT2D eigenvalue weighted by molar-refractivity contribution is 7.85. The number of hydrogen-bond acceptors (Lipinski definition) is 16. The van der Waals surface area contributed by atoms with Crippen molar-refractivity contribution < 1.29 is 50.9 Å². The van der Waals surface area contributed by atoms with Crippen LogP contribution in [0.2, 0.25) is 0 Å². The molecule has 402 valence electrons. The molecular weight excluding hydrogens is 1040 g/mol. The number of rotatable bonds is 22. The van der Waals surface area contributed by atoms with Gasteiger partial charge in [-0.2, -0.15) is 8.42 Å². The Labute approximate surface area is 447 Å². The van der Waals surface area contributed by atoms with E-state index in [1.165, 1.54) is 46.9 Å². The third-order valence-corrected chi connectivity index (χ3v) is 15.4. The summed E-state index contributed by atoms with van der Waals surface area (Å²) >= 11 is 2.79. The fourth-order valence-corrected chi connectivity index (χ4v) is 11.0. The van der Waals surface area contributed by atoms with E-state index in [9.17, 15) is 37.3 Å². The van der Waals surface area contributed by atoms with Gasteiger partial charge in [0, 0.05) is 45.9 Å². The van der Waals surface area contributed by atoms with Crippen LogP contribution in [0.1, 0.15) is 77.2 Å². The monoisotopic (exact) mass is 1100 g/mol. The lowest BCUT2D eigenvalue weighted by Gasteiger charge is -2.28. The molecule has 1 aliphatic heterocycles. The number of nitrogens with one attached hydrogen (secondary N) is 4. The molecule has 7 rings (SSSR count). The van der Waals surface area contributed by atoms with Gasteiger partial charge in [-0.3, -0.25) is 14.1 Å². The lowest BCUT2D eigenvalue weighted by atomic mass is 10.0. The molecule has 4 heterocycles. The number of para-hydroxylation sites is 1. The van der Waals surface area contributed by atoms with Crippen molar-refractivity contribution in [2.24, 2.45) is 17.4 Å². The van der Waals surface area contributed by atoms with Crippen LogP contribution in [-0.2, 0) is 39.1 Å². The van der Waals surface area contributed by atoms with Gasteiger partial charge < -0.3 is 52.0 Å². The summed E-state index contributed by atoms with van der Waals surface area (Å²) in [5.74, 6) is 3.86. The minimum atomic E-state index is -4.80. The summed E-state index contributed by atoms with van der Waals surface area (Å²) < 4.78 is 57.8. The van der Waals surface area contributed by atoms with E-state index in [0.29, 0.717) is 51.7 Å². The Bertz CT molecular complexity index is 3290. The van der Waals surface area contributed by atoms with Gasteiger partial charge in [0.25, 0.3) is 10.1 Å². The van der Waals surface area contributed by atoms with Crippen LogP contribution in [0.3, 0.4) is 0 Å². The van der Waals surface area contributed by atoms with Crippen LogP contribution in [0.4, 0.5) is 36.8 Å². The van der Waals surface area contributed by atoms with E-state index in [1.54, 1.807) is 34.0 Å². The molecule has 4 amide bonds. The number of aromatic nitrogens is 4. The summed E-state index contributed by atoms with van der Waals surface area (Å²) in [5.41, 5.74) is 14.5. The molecule has 3 aromatic heterocycles. The van der Waals surface area contributed by atoms with Crippen LogP contribution >= 0.6 is 22.7 Å². The van der Waals surface area contributed by atoms with Gasteiger partial charge in [0.05, 0.1) is 37.0 Å². The van der Waals surface area contributed by atoms with Crippen molar-refractivity contribution in [1.82, 2.24) is 30.8 Å². The van der Waals surface area contributed by atoms with Crippen molar-refractivity contribution in [3.63, 3.8) is 0 Å². The Kier molecular flexibility index (Phi) is 18.2. The number of benzene rings is 3. The van der Waals surface area contributed by atoms with E-state index < -0.39 is 56.7 Å². The predicted octanol–water partition coefficient (Wildman–Crippen LogP) is 6.26. The van der Waals surface area contributed by atoms with Crippen LogP contribution in [-0.4, -0.2) is 119 Å². The number of amides is 4. The molecule has 0 aliphatic carbocycles.